The number of carbonyl (C=O) groups excluding carboxylic acids is 1. The number of nitrogens with zero attached hydrogens (tertiary/aromatic N) is 2. The number of carbonyl (C=O) groups is 1. The molecule has 7 heteroatoms. The second kappa shape index (κ2) is 5.94. The molecule has 0 radical (unpaired) electrons. The van der Waals surface area contributed by atoms with E-state index in [1.54, 1.807) is 0 Å². The van der Waals surface area contributed by atoms with Crippen molar-refractivity contribution in [2.75, 3.05) is 5.32 Å². The summed E-state index contributed by atoms with van der Waals surface area (Å²) in [6.07, 6.45) is 4.27. The minimum Gasteiger partial charge on any atom is -0.339 e. The van der Waals surface area contributed by atoms with Gasteiger partial charge < -0.3 is 15.6 Å². The first-order valence-electron chi connectivity index (χ1n) is 7.67. The van der Waals surface area contributed by atoms with Gasteiger partial charge in [0.15, 0.2) is 5.82 Å². The topological polar surface area (TPSA) is 94.0 Å². The molecule has 1 saturated carbocycles. The molecule has 1 atom stereocenters. The van der Waals surface area contributed by atoms with Crippen molar-refractivity contribution < 1.29 is 9.32 Å². The van der Waals surface area contributed by atoms with Gasteiger partial charge in [0, 0.05) is 12.1 Å². The van der Waals surface area contributed by atoms with Crippen molar-refractivity contribution in [3.63, 3.8) is 0 Å². The largest absolute Gasteiger partial charge is 0.339 e. The molecule has 4 rings (SSSR count). The van der Waals surface area contributed by atoms with Crippen LogP contribution in [0.15, 0.2) is 28.8 Å². The molecule has 0 bridgehead atoms. The second-order valence-corrected chi connectivity index (χ2v) is 6.21. The third-order valence-corrected chi connectivity index (χ3v) is 4.68. The molecular weight excluding hydrogens is 316 g/mol. The Labute approximate surface area is 140 Å². The fourth-order valence-corrected chi connectivity index (χ4v) is 3.44. The predicted molar refractivity (Wildman–Crippen MR) is 87.4 cm³/mol. The second-order valence-electron chi connectivity index (χ2n) is 6.21. The van der Waals surface area contributed by atoms with E-state index in [2.05, 4.69) is 15.5 Å². The maximum atomic E-state index is 11.9. The summed E-state index contributed by atoms with van der Waals surface area (Å²) in [5.41, 5.74) is 7.73. The number of anilines is 1. The summed E-state index contributed by atoms with van der Waals surface area (Å²) in [7, 11) is 0. The molecular formula is C16H19ClN4O2. The average Bonchev–Trinajstić information content (AvgIpc) is 3.16. The van der Waals surface area contributed by atoms with Gasteiger partial charge in [0.2, 0.25) is 11.8 Å². The summed E-state index contributed by atoms with van der Waals surface area (Å²) in [6.45, 7) is 0. The number of benzene rings is 1. The smallest absolute Gasteiger partial charge is 0.234 e. The molecule has 1 aromatic carbocycles. The average molecular weight is 335 g/mol. The Morgan fingerprint density at radius 1 is 1.26 bits per heavy atom. The van der Waals surface area contributed by atoms with Gasteiger partial charge in [0.05, 0.1) is 11.5 Å². The van der Waals surface area contributed by atoms with Crippen LogP contribution in [-0.4, -0.2) is 16.0 Å². The summed E-state index contributed by atoms with van der Waals surface area (Å²) in [6, 6.07) is 7.71. The van der Waals surface area contributed by atoms with E-state index in [-0.39, 0.29) is 24.2 Å². The van der Waals surface area contributed by atoms with Gasteiger partial charge in [-0.1, -0.05) is 36.2 Å². The van der Waals surface area contributed by atoms with Gasteiger partial charge in [-0.25, -0.2) is 0 Å². The summed E-state index contributed by atoms with van der Waals surface area (Å²) >= 11 is 0. The Hall–Kier alpha value is -1.92. The first-order chi connectivity index (χ1) is 10.7. The van der Waals surface area contributed by atoms with Gasteiger partial charge in [-0.3, -0.25) is 4.79 Å². The molecule has 23 heavy (non-hydrogen) atoms. The molecule has 0 spiro atoms. The van der Waals surface area contributed by atoms with Crippen molar-refractivity contribution in [2.24, 2.45) is 5.73 Å². The Morgan fingerprint density at radius 3 is 2.78 bits per heavy atom. The van der Waals surface area contributed by atoms with E-state index in [9.17, 15) is 4.79 Å². The van der Waals surface area contributed by atoms with Crippen LogP contribution in [0.3, 0.4) is 0 Å². The molecule has 1 aliphatic carbocycles. The van der Waals surface area contributed by atoms with Gasteiger partial charge in [0.25, 0.3) is 0 Å². The lowest BCUT2D eigenvalue weighted by atomic mass is 9.90. The van der Waals surface area contributed by atoms with Crippen LogP contribution in [0.2, 0.25) is 0 Å². The van der Waals surface area contributed by atoms with Gasteiger partial charge in [-0.05, 0) is 24.5 Å². The number of hydrogen-bond donors (Lipinski definition) is 2. The quantitative estimate of drug-likeness (QED) is 0.880. The predicted octanol–water partition coefficient (Wildman–Crippen LogP) is 2.69. The van der Waals surface area contributed by atoms with Crippen LogP contribution < -0.4 is 11.1 Å². The maximum Gasteiger partial charge on any atom is 0.234 e. The minimum absolute atomic E-state index is 0. The molecule has 2 aliphatic rings. The third kappa shape index (κ3) is 2.72. The molecule has 2 aromatic rings. The fraction of sp³-hybridized carbons (Fsp3) is 0.438. The molecule has 6 nitrogen and oxygen atoms in total. The van der Waals surface area contributed by atoms with E-state index in [4.69, 9.17) is 10.3 Å². The van der Waals surface area contributed by atoms with Crippen molar-refractivity contribution in [2.45, 2.75) is 43.6 Å². The number of aromatic nitrogens is 2. The first kappa shape index (κ1) is 16.0. The van der Waals surface area contributed by atoms with E-state index in [0.29, 0.717) is 18.1 Å². The lowest BCUT2D eigenvalue weighted by Crippen LogP contribution is -2.34. The number of nitrogens with one attached hydrogen (secondary N) is 1. The number of rotatable bonds is 2. The molecule has 1 fully saturated rings. The first-order valence-corrected chi connectivity index (χ1v) is 7.67. The van der Waals surface area contributed by atoms with E-state index in [1.807, 2.05) is 24.3 Å². The molecule has 2 heterocycles. The lowest BCUT2D eigenvalue weighted by Gasteiger charge is -2.22. The van der Waals surface area contributed by atoms with Crippen molar-refractivity contribution >= 4 is 24.0 Å². The van der Waals surface area contributed by atoms with Gasteiger partial charge in [0.1, 0.15) is 0 Å². The standard InChI is InChI=1S/C16H18N4O2.ClH/c17-16(7-3-4-8-16)15-19-14(22-20-15)11-9-13(21)18-12-6-2-1-5-10(11)12;/h1-2,5-6,11H,3-4,7-9,17H2,(H,18,21);1H. The van der Waals surface area contributed by atoms with Crippen molar-refractivity contribution in [3.05, 3.63) is 41.5 Å². The molecule has 1 aliphatic heterocycles. The monoisotopic (exact) mass is 334 g/mol. The molecule has 1 aromatic heterocycles. The van der Waals surface area contributed by atoms with Gasteiger partial charge in [-0.2, -0.15) is 4.98 Å². The fourth-order valence-electron chi connectivity index (χ4n) is 3.44. The van der Waals surface area contributed by atoms with Crippen LogP contribution in [0.25, 0.3) is 0 Å². The van der Waals surface area contributed by atoms with E-state index < -0.39 is 5.54 Å². The van der Waals surface area contributed by atoms with Crippen molar-refractivity contribution in [1.82, 2.24) is 10.1 Å². The zero-order chi connectivity index (χ0) is 15.2. The third-order valence-electron chi connectivity index (χ3n) is 4.68. The van der Waals surface area contributed by atoms with Gasteiger partial charge >= 0.3 is 0 Å². The van der Waals surface area contributed by atoms with Crippen molar-refractivity contribution in [3.8, 4) is 0 Å². The maximum absolute atomic E-state index is 11.9. The number of nitrogens with two attached hydrogens (primary N) is 1. The van der Waals surface area contributed by atoms with Crippen molar-refractivity contribution in [1.29, 1.82) is 0 Å². The van der Waals surface area contributed by atoms with Gasteiger partial charge in [-0.15, -0.1) is 12.4 Å². The Balaban J connectivity index is 0.00000156. The van der Waals surface area contributed by atoms with E-state index >= 15 is 0 Å². The van der Waals surface area contributed by atoms with Crippen LogP contribution in [0.4, 0.5) is 5.69 Å². The van der Waals surface area contributed by atoms with E-state index in [1.165, 1.54) is 0 Å². The van der Waals surface area contributed by atoms with E-state index in [0.717, 1.165) is 36.9 Å². The summed E-state index contributed by atoms with van der Waals surface area (Å²) in [5, 5.41) is 6.98. The summed E-state index contributed by atoms with van der Waals surface area (Å²) in [5.74, 6) is 0.820. The SMILES string of the molecule is Cl.NC1(c2noc(C3CC(=O)Nc4ccccc43)n2)CCCC1. The minimum atomic E-state index is -0.474. The summed E-state index contributed by atoms with van der Waals surface area (Å²) in [4.78, 5) is 16.4. The Morgan fingerprint density at radius 2 is 2.00 bits per heavy atom. The zero-order valence-corrected chi connectivity index (χ0v) is 13.4. The van der Waals surface area contributed by atoms with Crippen LogP contribution in [0, 0.1) is 0 Å². The highest BCUT2D eigenvalue weighted by molar-refractivity contribution is 5.95. The molecule has 3 N–H and O–H groups in total. The highest BCUT2D eigenvalue weighted by atomic mass is 35.5. The molecule has 1 amide bonds. The van der Waals surface area contributed by atoms with Crippen LogP contribution in [0.5, 0.6) is 0 Å². The number of halogens is 1. The molecule has 1 unspecified atom stereocenters. The van der Waals surface area contributed by atoms with Crippen LogP contribution in [-0.2, 0) is 10.3 Å². The number of hydrogen-bond acceptors (Lipinski definition) is 5. The molecule has 0 saturated heterocycles. The normalized spacial score (nSPS) is 22.1. The highest BCUT2D eigenvalue weighted by Gasteiger charge is 2.38. The van der Waals surface area contributed by atoms with Crippen LogP contribution in [0.1, 0.15) is 55.3 Å². The Kier molecular flexibility index (Phi) is 4.12. The number of para-hydroxylation sites is 1. The summed E-state index contributed by atoms with van der Waals surface area (Å²) < 4.78 is 5.47. The van der Waals surface area contributed by atoms with Crippen LogP contribution >= 0.6 is 12.4 Å². The number of fused-ring (bicyclic) bond motifs is 1. The molecule has 122 valence electrons. The lowest BCUT2D eigenvalue weighted by molar-refractivity contribution is -0.116. The highest BCUT2D eigenvalue weighted by Crippen LogP contribution is 2.38. The Bertz CT molecular complexity index is 724. The zero-order valence-electron chi connectivity index (χ0n) is 12.6. The number of amides is 1.